The van der Waals surface area contributed by atoms with Crippen LogP contribution in [0, 0.1) is 0 Å². The molecule has 0 aromatic heterocycles. The van der Waals surface area contributed by atoms with Gasteiger partial charge in [0.25, 0.3) is 0 Å². The Kier molecular flexibility index (Phi) is 4.24. The third-order valence-electron chi connectivity index (χ3n) is 2.16. The Morgan fingerprint density at radius 2 is 2.07 bits per heavy atom. The summed E-state index contributed by atoms with van der Waals surface area (Å²) in [4.78, 5) is 0. The van der Waals surface area contributed by atoms with Gasteiger partial charge in [0.2, 0.25) is 0 Å². The lowest BCUT2D eigenvalue weighted by Gasteiger charge is -2.13. The Balaban J connectivity index is 2.64. The highest BCUT2D eigenvalue weighted by Gasteiger charge is 2.01. The van der Waals surface area contributed by atoms with E-state index in [9.17, 15) is 0 Å². The summed E-state index contributed by atoms with van der Waals surface area (Å²) < 4.78 is 10.3. The molecule has 1 rings (SSSR count). The molecule has 0 aliphatic heterocycles. The molecular weight excluding hydrogens is 192 g/mol. The molecular formula is C11H18N2O2. The van der Waals surface area contributed by atoms with E-state index >= 15 is 0 Å². The third-order valence-corrected chi connectivity index (χ3v) is 2.16. The fraction of sp³-hybridized carbons (Fsp3) is 0.455. The molecule has 1 atom stereocenters. The Morgan fingerprint density at radius 3 is 2.67 bits per heavy atom. The van der Waals surface area contributed by atoms with E-state index in [2.05, 4.69) is 5.32 Å². The molecule has 15 heavy (non-hydrogen) atoms. The van der Waals surface area contributed by atoms with Crippen molar-refractivity contribution in [1.82, 2.24) is 0 Å². The Labute approximate surface area is 90.4 Å². The van der Waals surface area contributed by atoms with Gasteiger partial charge < -0.3 is 20.5 Å². The van der Waals surface area contributed by atoms with E-state index in [1.807, 2.05) is 19.1 Å². The van der Waals surface area contributed by atoms with Crippen molar-refractivity contribution >= 4 is 11.4 Å². The van der Waals surface area contributed by atoms with Crippen molar-refractivity contribution in [3.05, 3.63) is 18.2 Å². The number of methoxy groups -OCH3 is 2. The van der Waals surface area contributed by atoms with E-state index in [0.29, 0.717) is 5.69 Å². The highest BCUT2D eigenvalue weighted by Crippen LogP contribution is 2.22. The summed E-state index contributed by atoms with van der Waals surface area (Å²) in [6, 6.07) is 5.55. The van der Waals surface area contributed by atoms with Gasteiger partial charge in [-0.05, 0) is 13.0 Å². The van der Waals surface area contributed by atoms with Crippen LogP contribution in [0.15, 0.2) is 18.2 Å². The smallest absolute Gasteiger partial charge is 0.122 e. The van der Waals surface area contributed by atoms with Gasteiger partial charge in [-0.25, -0.2) is 0 Å². The maximum atomic E-state index is 5.72. The van der Waals surface area contributed by atoms with Crippen LogP contribution in [0.5, 0.6) is 5.75 Å². The molecule has 0 bridgehead atoms. The molecule has 0 spiro atoms. The van der Waals surface area contributed by atoms with Crippen molar-refractivity contribution < 1.29 is 9.47 Å². The fourth-order valence-corrected chi connectivity index (χ4v) is 1.19. The third kappa shape index (κ3) is 3.67. The fourth-order valence-electron chi connectivity index (χ4n) is 1.19. The summed E-state index contributed by atoms with van der Waals surface area (Å²) in [5.74, 6) is 0.752. The number of anilines is 2. The minimum absolute atomic E-state index is 0.164. The van der Waals surface area contributed by atoms with Crippen LogP contribution in [0.4, 0.5) is 11.4 Å². The van der Waals surface area contributed by atoms with Crippen molar-refractivity contribution in [2.24, 2.45) is 0 Å². The second-order valence-electron chi connectivity index (χ2n) is 3.42. The van der Waals surface area contributed by atoms with Crippen LogP contribution >= 0.6 is 0 Å². The average Bonchev–Trinajstić information content (AvgIpc) is 2.25. The summed E-state index contributed by atoms with van der Waals surface area (Å²) in [5.41, 5.74) is 7.35. The first kappa shape index (κ1) is 11.7. The molecule has 0 saturated heterocycles. The molecule has 1 aromatic carbocycles. The number of nitrogens with two attached hydrogens (primary N) is 1. The predicted octanol–water partition coefficient (Wildman–Crippen LogP) is 1.72. The van der Waals surface area contributed by atoms with Crippen molar-refractivity contribution in [2.75, 3.05) is 31.8 Å². The van der Waals surface area contributed by atoms with Crippen molar-refractivity contribution in [2.45, 2.75) is 13.0 Å². The lowest BCUT2D eigenvalue weighted by atomic mass is 10.2. The first-order chi connectivity index (χ1) is 7.15. The molecule has 4 nitrogen and oxygen atoms in total. The predicted molar refractivity (Wildman–Crippen MR) is 62.4 cm³/mol. The maximum Gasteiger partial charge on any atom is 0.122 e. The normalized spacial score (nSPS) is 12.2. The minimum atomic E-state index is 0.164. The van der Waals surface area contributed by atoms with Gasteiger partial charge in [0.15, 0.2) is 0 Å². The first-order valence-electron chi connectivity index (χ1n) is 4.87. The highest BCUT2D eigenvalue weighted by atomic mass is 16.5. The molecule has 0 aliphatic carbocycles. The minimum Gasteiger partial charge on any atom is -0.497 e. The molecule has 1 aromatic rings. The molecule has 1 unspecified atom stereocenters. The van der Waals surface area contributed by atoms with Gasteiger partial charge in [-0.2, -0.15) is 0 Å². The molecule has 0 heterocycles. The topological polar surface area (TPSA) is 56.5 Å². The molecule has 0 fully saturated rings. The summed E-state index contributed by atoms with van der Waals surface area (Å²) in [6.45, 7) is 2.74. The molecule has 0 aliphatic rings. The van der Waals surface area contributed by atoms with Gasteiger partial charge >= 0.3 is 0 Å². The molecule has 84 valence electrons. The van der Waals surface area contributed by atoms with Crippen LogP contribution in [-0.4, -0.2) is 26.9 Å². The number of hydrogen-bond donors (Lipinski definition) is 2. The van der Waals surface area contributed by atoms with Crippen LogP contribution < -0.4 is 15.8 Å². The molecule has 0 saturated carbocycles. The van der Waals surface area contributed by atoms with Gasteiger partial charge in [-0.3, -0.25) is 0 Å². The standard InChI is InChI=1S/C11H18N2O2/c1-8(14-2)7-13-10-4-9(12)5-11(6-10)15-3/h4-6,8,13H,7,12H2,1-3H3. The van der Waals surface area contributed by atoms with E-state index < -0.39 is 0 Å². The van der Waals surface area contributed by atoms with Gasteiger partial charge in [0.05, 0.1) is 13.2 Å². The number of nitrogens with one attached hydrogen (secondary N) is 1. The largest absolute Gasteiger partial charge is 0.497 e. The van der Waals surface area contributed by atoms with Gasteiger partial charge in [0.1, 0.15) is 5.75 Å². The van der Waals surface area contributed by atoms with Gasteiger partial charge in [-0.1, -0.05) is 0 Å². The SMILES string of the molecule is COc1cc(N)cc(NCC(C)OC)c1. The van der Waals surface area contributed by atoms with E-state index in [4.69, 9.17) is 15.2 Å². The number of rotatable bonds is 5. The van der Waals surface area contributed by atoms with Crippen LogP contribution in [0.1, 0.15) is 6.92 Å². The summed E-state index contributed by atoms with van der Waals surface area (Å²) >= 11 is 0. The van der Waals surface area contributed by atoms with Crippen LogP contribution in [-0.2, 0) is 4.74 Å². The highest BCUT2D eigenvalue weighted by molar-refractivity contribution is 5.59. The van der Waals surface area contributed by atoms with E-state index in [1.165, 1.54) is 0 Å². The molecule has 4 heteroatoms. The van der Waals surface area contributed by atoms with Crippen molar-refractivity contribution in [1.29, 1.82) is 0 Å². The summed E-state index contributed by atoms with van der Waals surface area (Å²) in [7, 11) is 3.31. The first-order valence-corrected chi connectivity index (χ1v) is 4.87. The Morgan fingerprint density at radius 1 is 1.33 bits per heavy atom. The number of hydrogen-bond acceptors (Lipinski definition) is 4. The van der Waals surface area contributed by atoms with Crippen LogP contribution in [0.25, 0.3) is 0 Å². The van der Waals surface area contributed by atoms with Gasteiger partial charge in [-0.15, -0.1) is 0 Å². The van der Waals surface area contributed by atoms with Crippen LogP contribution in [0.2, 0.25) is 0 Å². The second-order valence-corrected chi connectivity index (χ2v) is 3.42. The number of ether oxygens (including phenoxy) is 2. The van der Waals surface area contributed by atoms with E-state index in [0.717, 1.165) is 18.0 Å². The maximum absolute atomic E-state index is 5.72. The van der Waals surface area contributed by atoms with Crippen LogP contribution in [0.3, 0.4) is 0 Å². The quantitative estimate of drug-likeness (QED) is 0.727. The monoisotopic (exact) mass is 210 g/mol. The number of benzene rings is 1. The number of nitrogen functional groups attached to an aromatic ring is 1. The lowest BCUT2D eigenvalue weighted by molar-refractivity contribution is 0.129. The lowest BCUT2D eigenvalue weighted by Crippen LogP contribution is -2.18. The summed E-state index contributed by atoms with van der Waals surface area (Å²) in [6.07, 6.45) is 0.164. The van der Waals surface area contributed by atoms with E-state index in [1.54, 1.807) is 20.3 Å². The average molecular weight is 210 g/mol. The molecule has 0 amide bonds. The second kappa shape index (κ2) is 5.46. The van der Waals surface area contributed by atoms with Crippen molar-refractivity contribution in [3.63, 3.8) is 0 Å². The summed E-state index contributed by atoms with van der Waals surface area (Å²) in [5, 5.41) is 3.23. The Bertz CT molecular complexity index is 315. The zero-order chi connectivity index (χ0) is 11.3. The zero-order valence-electron chi connectivity index (χ0n) is 9.41. The van der Waals surface area contributed by atoms with Gasteiger partial charge in [0, 0.05) is 37.2 Å². The zero-order valence-corrected chi connectivity index (χ0v) is 9.41. The van der Waals surface area contributed by atoms with Crippen molar-refractivity contribution in [3.8, 4) is 5.75 Å². The molecule has 0 radical (unpaired) electrons. The Hall–Kier alpha value is -1.42. The van der Waals surface area contributed by atoms with E-state index in [-0.39, 0.29) is 6.10 Å². The molecule has 3 N–H and O–H groups in total.